The highest BCUT2D eigenvalue weighted by molar-refractivity contribution is 8.76. The summed E-state index contributed by atoms with van der Waals surface area (Å²) in [7, 11) is 2.87. The van der Waals surface area contributed by atoms with Crippen LogP contribution in [0.15, 0.2) is 58.3 Å². The van der Waals surface area contributed by atoms with Gasteiger partial charge in [0.05, 0.1) is 24.3 Å². The molecule has 0 bridgehead atoms. The zero-order valence-electron chi connectivity index (χ0n) is 16.3. The van der Waals surface area contributed by atoms with Crippen molar-refractivity contribution >= 4 is 33.5 Å². The molecule has 0 saturated heterocycles. The first-order valence-electron chi connectivity index (χ1n) is 9.54. The van der Waals surface area contributed by atoms with E-state index < -0.39 is 0 Å². The molecule has 2 aromatic rings. The summed E-state index contributed by atoms with van der Waals surface area (Å²) in [4.78, 5) is 26.3. The maximum atomic E-state index is 12.4. The van der Waals surface area contributed by atoms with Crippen LogP contribution in [0.3, 0.4) is 0 Å². The van der Waals surface area contributed by atoms with E-state index in [2.05, 4.69) is 13.8 Å². The van der Waals surface area contributed by atoms with Gasteiger partial charge < -0.3 is 9.47 Å². The van der Waals surface area contributed by atoms with Crippen LogP contribution >= 0.6 is 21.6 Å². The van der Waals surface area contributed by atoms with E-state index in [1.165, 1.54) is 21.6 Å². The largest absolute Gasteiger partial charge is 0.462 e. The Labute approximate surface area is 174 Å². The van der Waals surface area contributed by atoms with E-state index in [1.807, 2.05) is 36.4 Å². The number of rotatable bonds is 11. The first kappa shape index (κ1) is 22.4. The molecule has 0 amide bonds. The van der Waals surface area contributed by atoms with E-state index in [0.29, 0.717) is 24.3 Å². The molecule has 2 rings (SSSR count). The minimum Gasteiger partial charge on any atom is -0.462 e. The number of esters is 2. The fourth-order valence-electron chi connectivity index (χ4n) is 2.28. The van der Waals surface area contributed by atoms with Gasteiger partial charge in [-0.15, -0.1) is 0 Å². The second-order valence-electron chi connectivity index (χ2n) is 6.14. The van der Waals surface area contributed by atoms with E-state index in [-0.39, 0.29) is 11.9 Å². The number of unbranched alkanes of at least 4 members (excludes halogenated alkanes) is 2. The van der Waals surface area contributed by atoms with Crippen LogP contribution in [0.1, 0.15) is 60.2 Å². The third-order valence-electron chi connectivity index (χ3n) is 3.90. The van der Waals surface area contributed by atoms with Crippen LogP contribution in [0, 0.1) is 0 Å². The molecule has 0 fully saturated rings. The van der Waals surface area contributed by atoms with Gasteiger partial charge in [0.25, 0.3) is 0 Å². The molecule has 2 aromatic carbocycles. The summed E-state index contributed by atoms with van der Waals surface area (Å²) < 4.78 is 10.7. The van der Waals surface area contributed by atoms with Crippen molar-refractivity contribution in [3.63, 3.8) is 0 Å². The molecule has 0 aliphatic rings. The van der Waals surface area contributed by atoms with Gasteiger partial charge in [-0.1, -0.05) is 72.5 Å². The monoisotopic (exact) mass is 418 g/mol. The number of carbonyl (C=O) groups excluding carboxylic acids is 2. The van der Waals surface area contributed by atoms with Gasteiger partial charge in [0, 0.05) is 9.79 Å². The quantitative estimate of drug-likeness (QED) is 0.239. The summed E-state index contributed by atoms with van der Waals surface area (Å²) >= 11 is 0. The van der Waals surface area contributed by atoms with Crippen LogP contribution in [-0.2, 0) is 9.47 Å². The van der Waals surface area contributed by atoms with Gasteiger partial charge in [-0.05, 0) is 37.1 Å². The maximum Gasteiger partial charge on any atom is 0.339 e. The molecule has 28 heavy (non-hydrogen) atoms. The number of ether oxygens (including phenoxy) is 2. The second kappa shape index (κ2) is 12.5. The summed E-state index contributed by atoms with van der Waals surface area (Å²) in [5.74, 6) is -0.631. The fourth-order valence-corrected chi connectivity index (χ4v) is 4.62. The van der Waals surface area contributed by atoms with Crippen molar-refractivity contribution in [1.82, 2.24) is 0 Å². The van der Waals surface area contributed by atoms with Gasteiger partial charge >= 0.3 is 11.9 Å². The minimum absolute atomic E-state index is 0.315. The predicted octanol–water partition coefficient (Wildman–Crippen LogP) is 6.40. The standard InChI is InChI=1S/C22H26O4S2/c1-3-5-15-25-21(23)17-11-7-9-13-19(17)27-28-20-14-10-8-12-18(20)22(24)26-16-6-4-2/h7-14H,3-6,15-16H2,1-2H3. The van der Waals surface area contributed by atoms with E-state index in [9.17, 15) is 9.59 Å². The lowest BCUT2D eigenvalue weighted by Crippen LogP contribution is -2.08. The number of hydrogen-bond donors (Lipinski definition) is 0. The molecule has 0 aliphatic carbocycles. The average molecular weight is 419 g/mol. The highest BCUT2D eigenvalue weighted by Gasteiger charge is 2.16. The average Bonchev–Trinajstić information content (AvgIpc) is 2.73. The second-order valence-corrected chi connectivity index (χ2v) is 8.35. The van der Waals surface area contributed by atoms with Crippen molar-refractivity contribution in [2.24, 2.45) is 0 Å². The lowest BCUT2D eigenvalue weighted by atomic mass is 10.2. The summed E-state index contributed by atoms with van der Waals surface area (Å²) in [6.45, 7) is 4.96. The van der Waals surface area contributed by atoms with E-state index in [4.69, 9.17) is 9.47 Å². The van der Waals surface area contributed by atoms with E-state index in [1.54, 1.807) is 12.1 Å². The van der Waals surface area contributed by atoms with Crippen molar-refractivity contribution in [1.29, 1.82) is 0 Å². The van der Waals surface area contributed by atoms with Gasteiger partial charge in [0.15, 0.2) is 0 Å². The van der Waals surface area contributed by atoms with Gasteiger partial charge in [0.1, 0.15) is 0 Å². The Balaban J connectivity index is 2.07. The Kier molecular flexibility index (Phi) is 10.0. The topological polar surface area (TPSA) is 52.6 Å². The minimum atomic E-state index is -0.315. The first-order chi connectivity index (χ1) is 13.7. The summed E-state index contributed by atoms with van der Waals surface area (Å²) in [6, 6.07) is 14.7. The zero-order chi connectivity index (χ0) is 20.2. The highest BCUT2D eigenvalue weighted by Crippen LogP contribution is 2.40. The van der Waals surface area contributed by atoms with Gasteiger partial charge in [-0.2, -0.15) is 0 Å². The highest BCUT2D eigenvalue weighted by atomic mass is 33.1. The molecular formula is C22H26O4S2. The fraction of sp³-hybridized carbons (Fsp3) is 0.364. The maximum absolute atomic E-state index is 12.4. The van der Waals surface area contributed by atoms with Gasteiger partial charge in [-0.3, -0.25) is 0 Å². The van der Waals surface area contributed by atoms with Crippen LogP contribution in [0.25, 0.3) is 0 Å². The number of benzene rings is 2. The van der Waals surface area contributed by atoms with Crippen molar-refractivity contribution in [3.05, 3.63) is 59.7 Å². The van der Waals surface area contributed by atoms with Crippen molar-refractivity contribution in [2.45, 2.75) is 49.3 Å². The summed E-state index contributed by atoms with van der Waals surface area (Å²) in [5, 5.41) is 0. The molecule has 0 aromatic heterocycles. The SMILES string of the molecule is CCCCOC(=O)c1ccccc1SSc1ccccc1C(=O)OCCCC. The van der Waals surface area contributed by atoms with Crippen molar-refractivity contribution in [2.75, 3.05) is 13.2 Å². The Hall–Kier alpha value is -1.92. The zero-order valence-corrected chi connectivity index (χ0v) is 17.9. The predicted molar refractivity (Wildman–Crippen MR) is 115 cm³/mol. The summed E-state index contributed by atoms with van der Waals surface area (Å²) in [6.07, 6.45) is 3.65. The molecule has 0 spiro atoms. The third kappa shape index (κ3) is 6.91. The normalized spacial score (nSPS) is 10.5. The molecule has 0 N–H and O–H groups in total. The van der Waals surface area contributed by atoms with Crippen LogP contribution in [0.2, 0.25) is 0 Å². The Morgan fingerprint density at radius 1 is 0.714 bits per heavy atom. The molecule has 0 heterocycles. The Morgan fingerprint density at radius 2 is 1.11 bits per heavy atom. The molecule has 6 heteroatoms. The third-order valence-corrected chi connectivity index (χ3v) is 6.38. The first-order valence-corrected chi connectivity index (χ1v) is 11.7. The Bertz CT molecular complexity index is 711. The molecule has 4 nitrogen and oxygen atoms in total. The Morgan fingerprint density at radius 3 is 1.50 bits per heavy atom. The molecule has 0 radical (unpaired) electrons. The van der Waals surface area contributed by atoms with Gasteiger partial charge in [0.2, 0.25) is 0 Å². The molecule has 0 atom stereocenters. The summed E-state index contributed by atoms with van der Waals surface area (Å²) in [5.41, 5.74) is 1.08. The lowest BCUT2D eigenvalue weighted by Gasteiger charge is -2.11. The van der Waals surface area contributed by atoms with Crippen molar-refractivity contribution in [3.8, 4) is 0 Å². The van der Waals surface area contributed by atoms with Crippen LogP contribution in [0.5, 0.6) is 0 Å². The van der Waals surface area contributed by atoms with E-state index >= 15 is 0 Å². The van der Waals surface area contributed by atoms with Crippen LogP contribution in [0.4, 0.5) is 0 Å². The molecule has 0 saturated carbocycles. The van der Waals surface area contributed by atoms with E-state index in [0.717, 1.165) is 35.5 Å². The van der Waals surface area contributed by atoms with Crippen LogP contribution in [-0.4, -0.2) is 25.2 Å². The van der Waals surface area contributed by atoms with Crippen molar-refractivity contribution < 1.29 is 19.1 Å². The lowest BCUT2D eigenvalue weighted by molar-refractivity contribution is 0.0486. The molecule has 150 valence electrons. The number of carbonyl (C=O) groups is 2. The number of hydrogen-bond acceptors (Lipinski definition) is 6. The molecular weight excluding hydrogens is 392 g/mol. The smallest absolute Gasteiger partial charge is 0.339 e. The van der Waals surface area contributed by atoms with Crippen LogP contribution < -0.4 is 0 Å². The molecule has 0 aliphatic heterocycles. The molecule has 0 unspecified atom stereocenters. The van der Waals surface area contributed by atoms with Gasteiger partial charge in [-0.25, -0.2) is 9.59 Å².